The number of anilines is 1. The molecule has 3 rings (SSSR count). The summed E-state index contributed by atoms with van der Waals surface area (Å²) in [6.45, 7) is 2.20. The molecule has 1 aromatic carbocycles. The SMILES string of the molecule is COc1ccc(N(C)C(=O)N2CC(Oc3cc(F)cc(F)c3C)C2)cn1. The number of urea groups is 1. The molecule has 0 radical (unpaired) electrons. The third-order valence-corrected chi connectivity index (χ3v) is 4.28. The van der Waals surface area contributed by atoms with Crippen molar-refractivity contribution >= 4 is 11.7 Å². The molecule has 6 nitrogen and oxygen atoms in total. The van der Waals surface area contributed by atoms with Crippen molar-refractivity contribution in [3.63, 3.8) is 0 Å². The molecule has 0 spiro atoms. The standard InChI is InChI=1S/C18H19F2N3O3/c1-11-15(20)6-12(19)7-16(11)26-14-9-23(10-14)18(24)22(2)13-4-5-17(25-3)21-8-13/h4-8,14H,9-10H2,1-3H3. The van der Waals surface area contributed by atoms with E-state index in [1.807, 2.05) is 0 Å². The molecule has 0 saturated carbocycles. The lowest BCUT2D eigenvalue weighted by Gasteiger charge is -2.40. The van der Waals surface area contributed by atoms with Crippen LogP contribution in [0.25, 0.3) is 0 Å². The Labute approximate surface area is 149 Å². The molecule has 8 heteroatoms. The zero-order valence-corrected chi connectivity index (χ0v) is 14.7. The molecule has 0 unspecified atom stereocenters. The van der Waals surface area contributed by atoms with E-state index in [2.05, 4.69) is 4.98 Å². The number of ether oxygens (including phenoxy) is 2. The third-order valence-electron chi connectivity index (χ3n) is 4.28. The number of hydrogen-bond donors (Lipinski definition) is 0. The van der Waals surface area contributed by atoms with Gasteiger partial charge in [0.2, 0.25) is 5.88 Å². The Hall–Kier alpha value is -2.90. The van der Waals surface area contributed by atoms with Gasteiger partial charge in [-0.15, -0.1) is 0 Å². The molecule has 0 bridgehead atoms. The van der Waals surface area contributed by atoms with Gasteiger partial charge in [0, 0.05) is 30.8 Å². The minimum atomic E-state index is -0.693. The monoisotopic (exact) mass is 363 g/mol. The topological polar surface area (TPSA) is 54.9 Å². The van der Waals surface area contributed by atoms with E-state index in [9.17, 15) is 13.6 Å². The van der Waals surface area contributed by atoms with Crippen molar-refractivity contribution in [1.29, 1.82) is 0 Å². The van der Waals surface area contributed by atoms with E-state index in [1.54, 1.807) is 30.3 Å². The van der Waals surface area contributed by atoms with Crippen LogP contribution in [-0.2, 0) is 0 Å². The van der Waals surface area contributed by atoms with Crippen LogP contribution in [0.5, 0.6) is 11.6 Å². The molecule has 0 atom stereocenters. The molecule has 0 aliphatic carbocycles. The average molecular weight is 363 g/mol. The van der Waals surface area contributed by atoms with Gasteiger partial charge in [0.1, 0.15) is 23.5 Å². The fourth-order valence-electron chi connectivity index (χ4n) is 2.61. The number of likely N-dealkylation sites (tertiary alicyclic amines) is 1. The van der Waals surface area contributed by atoms with Crippen LogP contribution in [-0.4, -0.2) is 49.3 Å². The summed E-state index contributed by atoms with van der Waals surface area (Å²) >= 11 is 0. The van der Waals surface area contributed by atoms with Crippen LogP contribution in [0.3, 0.4) is 0 Å². The third kappa shape index (κ3) is 3.54. The Bertz CT molecular complexity index is 808. The second-order valence-electron chi connectivity index (χ2n) is 6.06. The molecule has 1 fully saturated rings. The van der Waals surface area contributed by atoms with E-state index in [4.69, 9.17) is 9.47 Å². The van der Waals surface area contributed by atoms with E-state index < -0.39 is 11.6 Å². The molecule has 1 aliphatic rings. The van der Waals surface area contributed by atoms with E-state index in [-0.39, 0.29) is 23.4 Å². The van der Waals surface area contributed by atoms with Gasteiger partial charge in [-0.1, -0.05) is 0 Å². The molecule has 138 valence electrons. The highest BCUT2D eigenvalue weighted by atomic mass is 19.1. The Morgan fingerprint density at radius 1 is 1.31 bits per heavy atom. The first kappa shape index (κ1) is 17.9. The summed E-state index contributed by atoms with van der Waals surface area (Å²) in [6.07, 6.45) is 1.24. The van der Waals surface area contributed by atoms with Crippen molar-refractivity contribution < 1.29 is 23.0 Å². The van der Waals surface area contributed by atoms with Gasteiger partial charge in [0.25, 0.3) is 0 Å². The van der Waals surface area contributed by atoms with Gasteiger partial charge in [-0.05, 0) is 13.0 Å². The number of aromatic nitrogens is 1. The molecular formula is C18H19F2N3O3. The number of carbonyl (C=O) groups excluding carboxylic acids is 1. The summed E-state index contributed by atoms with van der Waals surface area (Å²) in [6, 6.07) is 5.16. The maximum Gasteiger partial charge on any atom is 0.324 e. The average Bonchev–Trinajstić information content (AvgIpc) is 2.60. The fraction of sp³-hybridized carbons (Fsp3) is 0.333. The van der Waals surface area contributed by atoms with Gasteiger partial charge in [-0.3, -0.25) is 4.90 Å². The van der Waals surface area contributed by atoms with E-state index in [1.165, 1.54) is 18.9 Å². The van der Waals surface area contributed by atoms with Crippen LogP contribution in [0.15, 0.2) is 30.5 Å². The number of amides is 2. The summed E-state index contributed by atoms with van der Waals surface area (Å²) < 4.78 is 37.5. The molecule has 0 N–H and O–H groups in total. The van der Waals surface area contributed by atoms with Crippen molar-refractivity contribution in [3.8, 4) is 11.6 Å². The highest BCUT2D eigenvalue weighted by Gasteiger charge is 2.34. The van der Waals surface area contributed by atoms with Crippen LogP contribution in [0.4, 0.5) is 19.3 Å². The Kier molecular flexibility index (Phi) is 4.92. The Balaban J connectivity index is 1.58. The van der Waals surface area contributed by atoms with Crippen molar-refractivity contribution in [2.24, 2.45) is 0 Å². The first-order valence-electron chi connectivity index (χ1n) is 8.04. The van der Waals surface area contributed by atoms with Crippen LogP contribution in [0.2, 0.25) is 0 Å². The van der Waals surface area contributed by atoms with Crippen LogP contribution in [0.1, 0.15) is 5.56 Å². The number of hydrogen-bond acceptors (Lipinski definition) is 4. The van der Waals surface area contributed by atoms with Gasteiger partial charge in [-0.2, -0.15) is 0 Å². The molecular weight excluding hydrogens is 344 g/mol. The molecule has 26 heavy (non-hydrogen) atoms. The Morgan fingerprint density at radius 2 is 2.04 bits per heavy atom. The predicted octanol–water partition coefficient (Wildman–Crippen LogP) is 3.00. The summed E-state index contributed by atoms with van der Waals surface area (Å²) in [5, 5.41) is 0. The van der Waals surface area contributed by atoms with Crippen molar-refractivity contribution in [2.45, 2.75) is 13.0 Å². The minimum Gasteiger partial charge on any atom is -0.486 e. The molecule has 2 amide bonds. The van der Waals surface area contributed by atoms with Crippen molar-refractivity contribution in [2.75, 3.05) is 32.1 Å². The van der Waals surface area contributed by atoms with Gasteiger partial charge < -0.3 is 14.4 Å². The van der Waals surface area contributed by atoms with Gasteiger partial charge in [0.05, 0.1) is 32.1 Å². The lowest BCUT2D eigenvalue weighted by Crippen LogP contribution is -2.59. The lowest BCUT2D eigenvalue weighted by molar-refractivity contribution is 0.0463. The van der Waals surface area contributed by atoms with E-state index in [0.717, 1.165) is 12.1 Å². The largest absolute Gasteiger partial charge is 0.486 e. The number of halogens is 2. The highest BCUT2D eigenvalue weighted by molar-refractivity contribution is 5.91. The maximum absolute atomic E-state index is 13.6. The maximum atomic E-state index is 13.6. The first-order chi connectivity index (χ1) is 12.4. The molecule has 2 aromatic rings. The zero-order valence-electron chi connectivity index (χ0n) is 14.7. The smallest absolute Gasteiger partial charge is 0.324 e. The van der Waals surface area contributed by atoms with E-state index in [0.29, 0.717) is 24.7 Å². The van der Waals surface area contributed by atoms with Crippen LogP contribution < -0.4 is 14.4 Å². The second-order valence-corrected chi connectivity index (χ2v) is 6.06. The minimum absolute atomic E-state index is 0.160. The van der Waals surface area contributed by atoms with Crippen LogP contribution >= 0.6 is 0 Å². The van der Waals surface area contributed by atoms with Gasteiger partial charge >= 0.3 is 6.03 Å². The molecule has 2 heterocycles. The summed E-state index contributed by atoms with van der Waals surface area (Å²) in [7, 11) is 3.16. The van der Waals surface area contributed by atoms with E-state index >= 15 is 0 Å². The fourth-order valence-corrected chi connectivity index (χ4v) is 2.61. The number of carbonyl (C=O) groups is 1. The predicted molar refractivity (Wildman–Crippen MR) is 91.7 cm³/mol. The zero-order chi connectivity index (χ0) is 18.8. The number of methoxy groups -OCH3 is 1. The summed E-state index contributed by atoms with van der Waals surface area (Å²) in [5.41, 5.74) is 0.876. The first-order valence-corrected chi connectivity index (χ1v) is 8.04. The number of pyridine rings is 1. The summed E-state index contributed by atoms with van der Waals surface area (Å²) in [5.74, 6) is -0.724. The normalized spacial score (nSPS) is 14.0. The van der Waals surface area contributed by atoms with Crippen molar-refractivity contribution in [3.05, 3.63) is 47.7 Å². The Morgan fingerprint density at radius 3 is 2.65 bits per heavy atom. The molecule has 1 aromatic heterocycles. The molecule has 1 saturated heterocycles. The summed E-state index contributed by atoms with van der Waals surface area (Å²) in [4.78, 5) is 19.6. The number of rotatable bonds is 4. The lowest BCUT2D eigenvalue weighted by atomic mass is 10.1. The quantitative estimate of drug-likeness (QED) is 0.838. The van der Waals surface area contributed by atoms with Gasteiger partial charge in [-0.25, -0.2) is 18.6 Å². The van der Waals surface area contributed by atoms with Gasteiger partial charge in [0.15, 0.2) is 0 Å². The number of nitrogens with zero attached hydrogens (tertiary/aromatic N) is 3. The van der Waals surface area contributed by atoms with Crippen molar-refractivity contribution in [1.82, 2.24) is 9.88 Å². The highest BCUT2D eigenvalue weighted by Crippen LogP contribution is 2.26. The number of benzene rings is 1. The van der Waals surface area contributed by atoms with Crippen LogP contribution in [0, 0.1) is 18.6 Å². The molecule has 1 aliphatic heterocycles. The second kappa shape index (κ2) is 7.15.